The van der Waals surface area contributed by atoms with Gasteiger partial charge in [0, 0.05) is 28.7 Å². The fraction of sp³-hybridized carbons (Fsp3) is 0.261. The number of benzene rings is 2. The van der Waals surface area contributed by atoms with E-state index in [9.17, 15) is 14.4 Å². The summed E-state index contributed by atoms with van der Waals surface area (Å²) in [6.45, 7) is 1.35. The van der Waals surface area contributed by atoms with Gasteiger partial charge in [-0.15, -0.1) is 0 Å². The van der Waals surface area contributed by atoms with E-state index in [-0.39, 0.29) is 24.0 Å². The number of hydrogen-bond donors (Lipinski definition) is 0. The molecule has 0 bridgehead atoms. The molecule has 0 N–H and O–H groups in total. The van der Waals surface area contributed by atoms with Crippen LogP contribution in [0.15, 0.2) is 44.2 Å². The molecule has 2 aliphatic heterocycles. The maximum Gasteiger partial charge on any atom is 0.294 e. The molecule has 2 aromatic rings. The van der Waals surface area contributed by atoms with Crippen LogP contribution in [0.4, 0.5) is 4.79 Å². The van der Waals surface area contributed by atoms with E-state index in [1.165, 1.54) is 0 Å². The summed E-state index contributed by atoms with van der Waals surface area (Å²) in [5.74, 6) is -0.103. The first-order valence-corrected chi connectivity index (χ1v) is 13.5. The van der Waals surface area contributed by atoms with Gasteiger partial charge < -0.3 is 9.64 Å². The molecule has 0 aliphatic carbocycles. The molecule has 11 heteroatoms. The summed E-state index contributed by atoms with van der Waals surface area (Å²) in [6.07, 6.45) is 3.52. The second-order valence-corrected chi connectivity index (χ2v) is 11.2. The third kappa shape index (κ3) is 5.82. The zero-order valence-electron chi connectivity index (χ0n) is 17.7. The average Bonchev–Trinajstić information content (AvgIpc) is 3.39. The maximum absolute atomic E-state index is 12.8. The fourth-order valence-corrected chi connectivity index (χ4v) is 6.33. The molecule has 0 atom stereocenters. The first kappa shape index (κ1) is 25.6. The van der Waals surface area contributed by atoms with Crippen LogP contribution in [0.1, 0.15) is 24.0 Å². The van der Waals surface area contributed by atoms with E-state index in [2.05, 4.69) is 31.9 Å². The van der Waals surface area contributed by atoms with Crippen LogP contribution in [0, 0.1) is 0 Å². The Morgan fingerprint density at radius 1 is 1.09 bits per heavy atom. The summed E-state index contributed by atoms with van der Waals surface area (Å²) >= 11 is 20.0. The topological polar surface area (TPSA) is 66.9 Å². The highest BCUT2D eigenvalue weighted by atomic mass is 79.9. The number of halogens is 4. The third-order valence-corrected chi connectivity index (χ3v) is 8.00. The molecule has 2 heterocycles. The second kappa shape index (κ2) is 11.0. The van der Waals surface area contributed by atoms with Crippen molar-refractivity contribution in [3.63, 3.8) is 0 Å². The van der Waals surface area contributed by atoms with Gasteiger partial charge in [-0.2, -0.15) is 0 Å². The van der Waals surface area contributed by atoms with Gasteiger partial charge in [-0.1, -0.05) is 29.3 Å². The molecule has 2 aromatic carbocycles. The molecule has 2 fully saturated rings. The minimum absolute atomic E-state index is 0.200. The molecular formula is C23H18Br2Cl2N2O4S. The van der Waals surface area contributed by atoms with E-state index < -0.39 is 11.1 Å². The number of likely N-dealkylation sites (tertiary alicyclic amines) is 1. The Hall–Kier alpha value is -1.52. The van der Waals surface area contributed by atoms with Gasteiger partial charge in [0.25, 0.3) is 11.1 Å². The molecule has 0 aromatic heterocycles. The summed E-state index contributed by atoms with van der Waals surface area (Å²) in [4.78, 5) is 40.5. The van der Waals surface area contributed by atoms with Crippen molar-refractivity contribution in [2.45, 2.75) is 19.4 Å². The lowest BCUT2D eigenvalue weighted by Crippen LogP contribution is -2.40. The number of carbonyl (C=O) groups excluding carboxylic acids is 3. The highest BCUT2D eigenvalue weighted by Crippen LogP contribution is 2.38. The monoisotopic (exact) mass is 646 g/mol. The Labute approximate surface area is 227 Å². The SMILES string of the molecule is O=C(CN1C(=O)S/C(=C\c2cc(Br)c(OCc3ccc(Cl)cc3Cl)c(Br)c2)C1=O)N1CCCC1. The van der Waals surface area contributed by atoms with Gasteiger partial charge in [-0.05, 0) is 92.4 Å². The highest BCUT2D eigenvalue weighted by Gasteiger charge is 2.37. The molecule has 34 heavy (non-hydrogen) atoms. The van der Waals surface area contributed by atoms with E-state index in [0.717, 1.165) is 35.1 Å². The van der Waals surface area contributed by atoms with E-state index in [1.807, 2.05) is 0 Å². The second-order valence-electron chi connectivity index (χ2n) is 7.69. The van der Waals surface area contributed by atoms with Gasteiger partial charge in [0.1, 0.15) is 18.9 Å². The molecule has 0 saturated carbocycles. The Kier molecular flexibility index (Phi) is 8.30. The first-order chi connectivity index (χ1) is 16.2. The zero-order valence-corrected chi connectivity index (χ0v) is 23.2. The standard InChI is InChI=1S/C23H18Br2Cl2N2O4S/c24-16-7-13(8-17(25)21(16)33-12-14-3-4-15(26)10-18(14)27)9-19-22(31)29(23(32)34-19)11-20(30)28-5-1-2-6-28/h3-4,7-10H,1-2,5-6,11-12H2/b19-9-. The Morgan fingerprint density at radius 2 is 1.76 bits per heavy atom. The van der Waals surface area contributed by atoms with Crippen LogP contribution in [0.2, 0.25) is 10.0 Å². The van der Waals surface area contributed by atoms with Gasteiger partial charge in [0.2, 0.25) is 5.91 Å². The Balaban J connectivity index is 1.46. The molecule has 4 rings (SSSR count). The smallest absolute Gasteiger partial charge is 0.294 e. The number of carbonyl (C=O) groups is 3. The third-order valence-electron chi connectivity index (χ3n) is 5.33. The van der Waals surface area contributed by atoms with Crippen molar-refractivity contribution in [2.75, 3.05) is 19.6 Å². The van der Waals surface area contributed by atoms with Crippen LogP contribution in [0.5, 0.6) is 5.75 Å². The lowest BCUT2D eigenvalue weighted by atomic mass is 10.2. The van der Waals surface area contributed by atoms with E-state index in [0.29, 0.717) is 43.4 Å². The number of hydrogen-bond acceptors (Lipinski definition) is 5. The quantitative estimate of drug-likeness (QED) is 0.324. The highest BCUT2D eigenvalue weighted by molar-refractivity contribution is 9.11. The summed E-state index contributed by atoms with van der Waals surface area (Å²) in [5.41, 5.74) is 1.47. The summed E-state index contributed by atoms with van der Waals surface area (Å²) in [7, 11) is 0. The van der Waals surface area contributed by atoms with Crippen molar-refractivity contribution in [1.82, 2.24) is 9.80 Å². The van der Waals surface area contributed by atoms with Crippen LogP contribution in [0.25, 0.3) is 6.08 Å². The molecule has 0 radical (unpaired) electrons. The van der Waals surface area contributed by atoms with Crippen molar-refractivity contribution < 1.29 is 19.1 Å². The first-order valence-electron chi connectivity index (χ1n) is 10.3. The van der Waals surface area contributed by atoms with Crippen LogP contribution in [-0.4, -0.2) is 46.5 Å². The van der Waals surface area contributed by atoms with Gasteiger partial charge in [-0.25, -0.2) is 0 Å². The zero-order chi connectivity index (χ0) is 24.4. The van der Waals surface area contributed by atoms with E-state index >= 15 is 0 Å². The number of ether oxygens (including phenoxy) is 1. The van der Waals surface area contributed by atoms with Crippen molar-refractivity contribution in [1.29, 1.82) is 0 Å². The Bertz CT molecular complexity index is 1180. The number of rotatable bonds is 6. The minimum atomic E-state index is -0.465. The lowest BCUT2D eigenvalue weighted by Gasteiger charge is -2.18. The van der Waals surface area contributed by atoms with Crippen molar-refractivity contribution in [2.24, 2.45) is 0 Å². The molecule has 0 unspecified atom stereocenters. The molecule has 2 saturated heterocycles. The lowest BCUT2D eigenvalue weighted by molar-refractivity contribution is -0.135. The summed E-state index contributed by atoms with van der Waals surface area (Å²) < 4.78 is 7.24. The normalized spacial score (nSPS) is 17.2. The summed E-state index contributed by atoms with van der Waals surface area (Å²) in [6, 6.07) is 8.76. The number of amides is 3. The van der Waals surface area contributed by atoms with Crippen LogP contribution in [-0.2, 0) is 16.2 Å². The molecule has 3 amide bonds. The van der Waals surface area contributed by atoms with E-state index in [4.69, 9.17) is 27.9 Å². The minimum Gasteiger partial charge on any atom is -0.486 e. The largest absolute Gasteiger partial charge is 0.486 e. The predicted molar refractivity (Wildman–Crippen MR) is 141 cm³/mol. The predicted octanol–water partition coefficient (Wildman–Crippen LogP) is 6.76. The van der Waals surface area contributed by atoms with E-state index in [1.54, 1.807) is 41.3 Å². The molecule has 178 valence electrons. The number of nitrogens with zero attached hydrogens (tertiary/aromatic N) is 2. The molecule has 2 aliphatic rings. The van der Waals surface area contributed by atoms with Crippen LogP contribution >= 0.6 is 66.8 Å². The van der Waals surface area contributed by atoms with Gasteiger partial charge in [0.15, 0.2) is 0 Å². The number of imide groups is 1. The molecule has 6 nitrogen and oxygen atoms in total. The molecular weight excluding hydrogens is 631 g/mol. The Morgan fingerprint density at radius 3 is 2.41 bits per heavy atom. The fourth-order valence-electron chi connectivity index (χ4n) is 3.58. The average molecular weight is 649 g/mol. The summed E-state index contributed by atoms with van der Waals surface area (Å²) in [5, 5.41) is 0.613. The van der Waals surface area contributed by atoms with Crippen molar-refractivity contribution in [3.8, 4) is 5.75 Å². The number of thioether (sulfide) groups is 1. The maximum atomic E-state index is 12.8. The van der Waals surface area contributed by atoms with Crippen molar-refractivity contribution in [3.05, 3.63) is 65.4 Å². The molecule has 0 spiro atoms. The van der Waals surface area contributed by atoms with Gasteiger partial charge in [-0.3, -0.25) is 19.3 Å². The van der Waals surface area contributed by atoms with Crippen LogP contribution < -0.4 is 4.74 Å². The van der Waals surface area contributed by atoms with Crippen molar-refractivity contribution >= 4 is 90.0 Å². The van der Waals surface area contributed by atoms with Gasteiger partial charge >= 0.3 is 0 Å². The van der Waals surface area contributed by atoms with Crippen LogP contribution in [0.3, 0.4) is 0 Å². The van der Waals surface area contributed by atoms with Gasteiger partial charge in [0.05, 0.1) is 13.9 Å².